The molecule has 2 aliphatic carbocycles. The molecule has 0 heterocycles. The quantitative estimate of drug-likeness (QED) is 0.727. The molecule has 0 spiro atoms. The molecule has 1 aromatic rings. The van der Waals surface area contributed by atoms with Gasteiger partial charge in [0.2, 0.25) is 0 Å². The van der Waals surface area contributed by atoms with Crippen LogP contribution in [-0.4, -0.2) is 35.4 Å². The molecule has 0 saturated heterocycles. The van der Waals surface area contributed by atoms with Gasteiger partial charge < -0.3 is 0 Å². The molecule has 4 heteroatoms. The van der Waals surface area contributed by atoms with E-state index in [2.05, 4.69) is 44.2 Å². The summed E-state index contributed by atoms with van der Waals surface area (Å²) in [5.41, 5.74) is 1.61. The Morgan fingerprint density at radius 1 is 1.23 bits per heavy atom. The average Bonchev–Trinajstić information content (AvgIpc) is 2.78. The number of sulfone groups is 1. The molecule has 22 heavy (non-hydrogen) atoms. The molecule has 122 valence electrons. The fourth-order valence-electron chi connectivity index (χ4n) is 4.81. The predicted octanol–water partition coefficient (Wildman–Crippen LogP) is 3.55. The van der Waals surface area contributed by atoms with Crippen LogP contribution in [0.3, 0.4) is 0 Å². The van der Waals surface area contributed by atoms with Crippen molar-refractivity contribution in [3.8, 4) is 0 Å². The van der Waals surface area contributed by atoms with E-state index in [9.17, 15) is 8.42 Å². The van der Waals surface area contributed by atoms with Gasteiger partial charge in [0, 0.05) is 0 Å². The molecular formula is C18H26O2SSe. The van der Waals surface area contributed by atoms with Gasteiger partial charge >= 0.3 is 141 Å². The Kier molecular flexibility index (Phi) is 4.25. The van der Waals surface area contributed by atoms with Gasteiger partial charge in [-0.3, -0.25) is 0 Å². The molecule has 2 fully saturated rings. The van der Waals surface area contributed by atoms with Gasteiger partial charge in [0.15, 0.2) is 0 Å². The summed E-state index contributed by atoms with van der Waals surface area (Å²) in [6, 6.07) is 10.7. The molecular weight excluding hydrogens is 359 g/mol. The van der Waals surface area contributed by atoms with Crippen LogP contribution in [0.2, 0.25) is 4.82 Å². The zero-order valence-electron chi connectivity index (χ0n) is 13.7. The molecule has 0 N–H and O–H groups in total. The van der Waals surface area contributed by atoms with Crippen molar-refractivity contribution in [1.29, 1.82) is 0 Å². The van der Waals surface area contributed by atoms with Gasteiger partial charge in [0.05, 0.1) is 0 Å². The zero-order chi connectivity index (χ0) is 16.0. The molecule has 0 amide bonds. The maximum atomic E-state index is 12.1. The van der Waals surface area contributed by atoms with E-state index in [1.54, 1.807) is 0 Å². The van der Waals surface area contributed by atoms with Crippen LogP contribution in [-0.2, 0) is 15.2 Å². The van der Waals surface area contributed by atoms with Gasteiger partial charge in [0.1, 0.15) is 0 Å². The Morgan fingerprint density at radius 2 is 1.91 bits per heavy atom. The van der Waals surface area contributed by atoms with E-state index in [4.69, 9.17) is 0 Å². The van der Waals surface area contributed by atoms with Crippen molar-refractivity contribution in [2.24, 2.45) is 16.7 Å². The number of fused-ring (bicyclic) bond motifs is 2. The van der Waals surface area contributed by atoms with Crippen LogP contribution in [0.15, 0.2) is 30.3 Å². The maximum absolute atomic E-state index is 12.1. The van der Waals surface area contributed by atoms with E-state index in [1.165, 1.54) is 24.7 Å². The fourth-order valence-corrected chi connectivity index (χ4v) is 10.4. The third-order valence-electron chi connectivity index (χ3n) is 6.17. The Hall–Kier alpha value is -0.311. The van der Waals surface area contributed by atoms with E-state index in [0.717, 1.165) is 17.7 Å². The van der Waals surface area contributed by atoms with Crippen molar-refractivity contribution in [3.05, 3.63) is 35.9 Å². The second-order valence-electron chi connectivity index (χ2n) is 7.70. The first kappa shape index (κ1) is 16.5. The first-order valence-electron chi connectivity index (χ1n) is 8.08. The van der Waals surface area contributed by atoms with Crippen LogP contribution >= 0.6 is 0 Å². The van der Waals surface area contributed by atoms with Crippen LogP contribution in [0.1, 0.15) is 38.7 Å². The number of benzene rings is 1. The summed E-state index contributed by atoms with van der Waals surface area (Å²) in [5.74, 6) is 1.11. The summed E-state index contributed by atoms with van der Waals surface area (Å²) < 4.78 is 24.2. The molecule has 0 aromatic heterocycles. The third kappa shape index (κ3) is 2.79. The van der Waals surface area contributed by atoms with E-state index >= 15 is 0 Å². The second-order valence-corrected chi connectivity index (χ2v) is 12.3. The normalized spacial score (nSPS) is 33.2. The van der Waals surface area contributed by atoms with Crippen molar-refractivity contribution in [2.45, 2.75) is 43.2 Å². The first-order chi connectivity index (χ1) is 10.2. The summed E-state index contributed by atoms with van der Waals surface area (Å²) in [5, 5.41) is 1.13. The first-order valence-corrected chi connectivity index (χ1v) is 12.3. The van der Waals surface area contributed by atoms with Crippen LogP contribution in [0.4, 0.5) is 0 Å². The summed E-state index contributed by atoms with van der Waals surface area (Å²) in [6.07, 6.45) is 5.00. The van der Waals surface area contributed by atoms with Crippen molar-refractivity contribution >= 4 is 24.8 Å². The van der Waals surface area contributed by atoms with Gasteiger partial charge in [0.25, 0.3) is 0 Å². The monoisotopic (exact) mass is 386 g/mol. The van der Waals surface area contributed by atoms with Gasteiger partial charge in [-0.15, -0.1) is 0 Å². The van der Waals surface area contributed by atoms with Gasteiger partial charge in [-0.1, -0.05) is 0 Å². The van der Waals surface area contributed by atoms with Gasteiger partial charge in [-0.25, -0.2) is 0 Å². The Morgan fingerprint density at radius 3 is 2.50 bits per heavy atom. The van der Waals surface area contributed by atoms with Crippen molar-refractivity contribution in [3.63, 3.8) is 0 Å². The molecule has 2 bridgehead atoms. The van der Waals surface area contributed by atoms with Crippen molar-refractivity contribution in [1.82, 2.24) is 0 Å². The van der Waals surface area contributed by atoms with Gasteiger partial charge in [-0.2, -0.15) is 0 Å². The molecule has 2 nitrogen and oxygen atoms in total. The number of hydrogen-bond acceptors (Lipinski definition) is 2. The minimum absolute atomic E-state index is 0.0278. The average molecular weight is 385 g/mol. The Labute approximate surface area is 141 Å². The Bertz CT molecular complexity index is 638. The third-order valence-corrected chi connectivity index (χ3v) is 10.5. The minimum atomic E-state index is -2.93. The standard InChI is InChI=1S/C18H26O2SSe/c1-17(2)15-9-10-18(17,13-21(3,19)20)16(11-15)22-12-14-7-5-4-6-8-14/h4-8,15-16H,9-13H2,1-3H3/t15-,16-,18-/m1/s1. The SMILES string of the molecule is CC1(C)[C@@H]2CC[C@@]1(CS(C)(=O)=O)[C@H]([Se]Cc1ccccc1)C2. The molecule has 2 aliphatic rings. The van der Waals surface area contributed by atoms with Crippen molar-refractivity contribution < 1.29 is 8.42 Å². The summed E-state index contributed by atoms with van der Waals surface area (Å²) >= 11 is 0.485. The number of rotatable bonds is 5. The molecule has 3 atom stereocenters. The van der Waals surface area contributed by atoms with E-state index in [-0.39, 0.29) is 10.8 Å². The number of hydrogen-bond donors (Lipinski definition) is 0. The summed E-state index contributed by atoms with van der Waals surface area (Å²) in [7, 11) is -2.93. The molecule has 0 radical (unpaired) electrons. The molecule has 1 aromatic carbocycles. The predicted molar refractivity (Wildman–Crippen MR) is 92.9 cm³/mol. The van der Waals surface area contributed by atoms with Crippen LogP contribution in [0.5, 0.6) is 0 Å². The van der Waals surface area contributed by atoms with Crippen LogP contribution in [0.25, 0.3) is 0 Å². The second kappa shape index (κ2) is 5.65. The van der Waals surface area contributed by atoms with Crippen LogP contribution < -0.4 is 0 Å². The fraction of sp³-hybridized carbons (Fsp3) is 0.667. The summed E-state index contributed by atoms with van der Waals surface area (Å²) in [4.78, 5) is 0.615. The molecule has 3 rings (SSSR count). The topological polar surface area (TPSA) is 34.1 Å². The molecule has 0 unspecified atom stereocenters. The molecule has 0 aliphatic heterocycles. The Balaban J connectivity index is 1.82. The van der Waals surface area contributed by atoms with Crippen LogP contribution in [0, 0.1) is 16.7 Å². The van der Waals surface area contributed by atoms with E-state index in [1.807, 2.05) is 0 Å². The zero-order valence-corrected chi connectivity index (χ0v) is 16.2. The summed E-state index contributed by atoms with van der Waals surface area (Å²) in [6.45, 7) is 4.66. The van der Waals surface area contributed by atoms with Crippen molar-refractivity contribution in [2.75, 3.05) is 12.0 Å². The molecule has 2 saturated carbocycles. The van der Waals surface area contributed by atoms with Gasteiger partial charge in [-0.05, 0) is 0 Å². The van der Waals surface area contributed by atoms with E-state index < -0.39 is 9.84 Å². The van der Waals surface area contributed by atoms with E-state index in [0.29, 0.717) is 25.5 Å².